The number of nitro groups is 1. The van der Waals surface area contributed by atoms with E-state index in [1.54, 1.807) is 12.1 Å². The molecule has 1 aliphatic heterocycles. The molecule has 1 aliphatic rings. The van der Waals surface area contributed by atoms with Crippen LogP contribution < -0.4 is 9.64 Å². The minimum absolute atomic E-state index is 0.00351. The Morgan fingerprint density at radius 3 is 2.67 bits per heavy atom. The van der Waals surface area contributed by atoms with Crippen LogP contribution in [0.15, 0.2) is 18.2 Å². The maximum Gasteiger partial charge on any atom is 0.311 e. The second kappa shape index (κ2) is 6.30. The van der Waals surface area contributed by atoms with Gasteiger partial charge in [-0.2, -0.15) is 0 Å². The van der Waals surface area contributed by atoms with Crippen LogP contribution in [0.1, 0.15) is 33.1 Å². The third-order valence-electron chi connectivity index (χ3n) is 3.81. The fourth-order valence-corrected chi connectivity index (χ4v) is 2.42. The number of benzene rings is 1. The summed E-state index contributed by atoms with van der Waals surface area (Å²) in [7, 11) is 0. The quantitative estimate of drug-likeness (QED) is 0.667. The molecule has 0 atom stereocenters. The summed E-state index contributed by atoms with van der Waals surface area (Å²) in [6, 6.07) is 4.97. The van der Waals surface area contributed by atoms with Crippen molar-refractivity contribution in [1.29, 1.82) is 0 Å². The molecular weight excluding hydrogens is 272 g/mol. The van der Waals surface area contributed by atoms with Gasteiger partial charge < -0.3 is 14.7 Å². The molecule has 1 N–H and O–H groups in total. The number of hydrogen-bond acceptors (Lipinski definition) is 5. The molecule has 21 heavy (non-hydrogen) atoms. The number of nitrogens with zero attached hydrogens (tertiary/aromatic N) is 2. The summed E-state index contributed by atoms with van der Waals surface area (Å²) >= 11 is 0. The van der Waals surface area contributed by atoms with Crippen molar-refractivity contribution in [2.24, 2.45) is 0 Å². The molecule has 1 aromatic rings. The Morgan fingerprint density at radius 2 is 2.10 bits per heavy atom. The van der Waals surface area contributed by atoms with Gasteiger partial charge in [0.25, 0.3) is 0 Å². The lowest BCUT2D eigenvalue weighted by Gasteiger charge is -2.37. The molecule has 6 heteroatoms. The van der Waals surface area contributed by atoms with Crippen LogP contribution in [0.2, 0.25) is 0 Å². The lowest BCUT2D eigenvalue weighted by molar-refractivity contribution is -0.385. The summed E-state index contributed by atoms with van der Waals surface area (Å²) in [5.41, 5.74) is 0.289. The van der Waals surface area contributed by atoms with Crippen LogP contribution in [-0.4, -0.2) is 35.3 Å². The predicted molar refractivity (Wildman–Crippen MR) is 81.0 cm³/mol. The zero-order valence-corrected chi connectivity index (χ0v) is 12.5. The summed E-state index contributed by atoms with van der Waals surface area (Å²) in [6.07, 6.45) is 2.18. The predicted octanol–water partition coefficient (Wildman–Crippen LogP) is 2.73. The Morgan fingerprint density at radius 1 is 1.43 bits per heavy atom. The first kappa shape index (κ1) is 15.6. The highest BCUT2D eigenvalue weighted by Crippen LogP contribution is 2.34. The van der Waals surface area contributed by atoms with Crippen LogP contribution in [0, 0.1) is 10.1 Å². The van der Waals surface area contributed by atoms with E-state index in [-0.39, 0.29) is 5.69 Å². The second-order valence-corrected chi connectivity index (χ2v) is 5.74. The van der Waals surface area contributed by atoms with Gasteiger partial charge in [0.2, 0.25) is 0 Å². The Hall–Kier alpha value is -1.82. The summed E-state index contributed by atoms with van der Waals surface area (Å²) in [5, 5.41) is 21.0. The van der Waals surface area contributed by atoms with E-state index < -0.39 is 10.5 Å². The van der Waals surface area contributed by atoms with Crippen molar-refractivity contribution in [1.82, 2.24) is 0 Å². The normalized spacial score (nSPS) is 17.6. The first-order chi connectivity index (χ1) is 9.93. The molecule has 0 aliphatic carbocycles. The summed E-state index contributed by atoms with van der Waals surface area (Å²) in [5.74, 6) is 0.316. The number of rotatable bonds is 5. The second-order valence-electron chi connectivity index (χ2n) is 5.74. The molecule has 1 aromatic carbocycles. The van der Waals surface area contributed by atoms with Crippen LogP contribution in [0.3, 0.4) is 0 Å². The van der Waals surface area contributed by atoms with Crippen molar-refractivity contribution in [3.8, 4) is 5.75 Å². The van der Waals surface area contributed by atoms with Gasteiger partial charge in [0.05, 0.1) is 17.1 Å². The molecular formula is C15H22N2O4. The first-order valence-corrected chi connectivity index (χ1v) is 7.31. The molecule has 116 valence electrons. The zero-order chi connectivity index (χ0) is 15.5. The smallest absolute Gasteiger partial charge is 0.311 e. The standard InChI is InChI=1S/C15H22N2O4/c1-3-10-21-14-11-12(4-5-13(14)17(19)20)16-8-6-15(2,18)7-9-16/h4-5,11,18H,3,6-10H2,1-2H3. The van der Waals surface area contributed by atoms with Gasteiger partial charge in [0.15, 0.2) is 5.75 Å². The average Bonchev–Trinajstić information content (AvgIpc) is 2.44. The third-order valence-corrected chi connectivity index (χ3v) is 3.81. The molecule has 0 saturated carbocycles. The Bertz CT molecular complexity index is 506. The fourth-order valence-electron chi connectivity index (χ4n) is 2.42. The van der Waals surface area contributed by atoms with Gasteiger partial charge in [0, 0.05) is 30.9 Å². The summed E-state index contributed by atoms with van der Waals surface area (Å²) < 4.78 is 5.50. The van der Waals surface area contributed by atoms with Gasteiger partial charge in [-0.15, -0.1) is 0 Å². The largest absolute Gasteiger partial charge is 0.487 e. The van der Waals surface area contributed by atoms with E-state index in [9.17, 15) is 15.2 Å². The van der Waals surface area contributed by atoms with E-state index in [0.29, 0.717) is 25.2 Å². The summed E-state index contributed by atoms with van der Waals surface area (Å²) in [6.45, 7) is 5.73. The molecule has 1 heterocycles. The van der Waals surface area contributed by atoms with Crippen molar-refractivity contribution in [3.63, 3.8) is 0 Å². The molecule has 0 radical (unpaired) electrons. The van der Waals surface area contributed by atoms with Gasteiger partial charge >= 0.3 is 5.69 Å². The number of nitro benzene ring substituents is 1. The van der Waals surface area contributed by atoms with Gasteiger partial charge in [-0.3, -0.25) is 10.1 Å². The van der Waals surface area contributed by atoms with Crippen molar-refractivity contribution in [2.75, 3.05) is 24.6 Å². The zero-order valence-electron chi connectivity index (χ0n) is 12.5. The third kappa shape index (κ3) is 3.85. The van der Waals surface area contributed by atoms with Crippen molar-refractivity contribution in [2.45, 2.75) is 38.7 Å². The van der Waals surface area contributed by atoms with Crippen molar-refractivity contribution < 1.29 is 14.8 Å². The highest BCUT2D eigenvalue weighted by molar-refractivity contribution is 5.59. The maximum absolute atomic E-state index is 11.0. The fraction of sp³-hybridized carbons (Fsp3) is 0.600. The molecule has 0 amide bonds. The van der Waals surface area contributed by atoms with E-state index in [0.717, 1.165) is 25.2 Å². The van der Waals surface area contributed by atoms with E-state index >= 15 is 0 Å². The maximum atomic E-state index is 11.0. The number of anilines is 1. The molecule has 2 rings (SSSR count). The minimum atomic E-state index is -0.612. The topological polar surface area (TPSA) is 75.8 Å². The van der Waals surface area contributed by atoms with Gasteiger partial charge in [-0.25, -0.2) is 0 Å². The van der Waals surface area contributed by atoms with Crippen LogP contribution >= 0.6 is 0 Å². The Balaban J connectivity index is 2.19. The lowest BCUT2D eigenvalue weighted by Crippen LogP contribution is -2.42. The highest BCUT2D eigenvalue weighted by atomic mass is 16.6. The van der Waals surface area contributed by atoms with E-state index in [2.05, 4.69) is 4.90 Å². The molecule has 0 spiro atoms. The summed E-state index contributed by atoms with van der Waals surface area (Å²) in [4.78, 5) is 12.7. The number of ether oxygens (including phenoxy) is 1. The van der Waals surface area contributed by atoms with E-state index in [4.69, 9.17) is 4.74 Å². The highest BCUT2D eigenvalue weighted by Gasteiger charge is 2.28. The van der Waals surface area contributed by atoms with Gasteiger partial charge in [0.1, 0.15) is 0 Å². The van der Waals surface area contributed by atoms with Crippen molar-refractivity contribution >= 4 is 11.4 Å². The van der Waals surface area contributed by atoms with E-state index in [1.807, 2.05) is 13.8 Å². The average molecular weight is 294 g/mol. The van der Waals surface area contributed by atoms with Crippen LogP contribution in [0.5, 0.6) is 5.75 Å². The molecule has 0 aromatic heterocycles. The molecule has 0 unspecified atom stereocenters. The monoisotopic (exact) mass is 294 g/mol. The lowest BCUT2D eigenvalue weighted by atomic mass is 9.93. The van der Waals surface area contributed by atoms with Crippen LogP contribution in [-0.2, 0) is 0 Å². The molecule has 6 nitrogen and oxygen atoms in total. The van der Waals surface area contributed by atoms with Crippen molar-refractivity contribution in [3.05, 3.63) is 28.3 Å². The molecule has 0 bridgehead atoms. The van der Waals surface area contributed by atoms with Crippen LogP contribution in [0.25, 0.3) is 0 Å². The van der Waals surface area contributed by atoms with Crippen LogP contribution in [0.4, 0.5) is 11.4 Å². The Labute approximate surface area is 124 Å². The number of piperidine rings is 1. The number of hydrogen-bond donors (Lipinski definition) is 1. The SMILES string of the molecule is CCCOc1cc(N2CCC(C)(O)CC2)ccc1[N+](=O)[O-]. The molecule has 1 fully saturated rings. The van der Waals surface area contributed by atoms with E-state index in [1.165, 1.54) is 6.07 Å². The molecule has 1 saturated heterocycles. The first-order valence-electron chi connectivity index (χ1n) is 7.31. The number of aliphatic hydroxyl groups is 1. The Kier molecular flexibility index (Phi) is 4.67. The van der Waals surface area contributed by atoms with Gasteiger partial charge in [-0.05, 0) is 32.3 Å². The minimum Gasteiger partial charge on any atom is -0.487 e. The van der Waals surface area contributed by atoms with Gasteiger partial charge in [-0.1, -0.05) is 6.92 Å².